The van der Waals surface area contributed by atoms with Gasteiger partial charge < -0.3 is 4.90 Å². The van der Waals surface area contributed by atoms with Crippen LogP contribution in [-0.4, -0.2) is 32.3 Å². The maximum atomic E-state index is 12.9. The number of sulfonamides is 1. The van der Waals surface area contributed by atoms with Gasteiger partial charge in [0, 0.05) is 18.7 Å². The van der Waals surface area contributed by atoms with E-state index in [4.69, 9.17) is 5.14 Å². The molecule has 0 saturated carbocycles. The molecule has 0 radical (unpaired) electrons. The Balaban J connectivity index is 1.67. The van der Waals surface area contributed by atoms with E-state index in [1.807, 2.05) is 17.9 Å². The number of rotatable bonds is 4. The Labute approximate surface area is 154 Å². The Bertz CT molecular complexity index is 887. The van der Waals surface area contributed by atoms with Gasteiger partial charge in [-0.2, -0.15) is 0 Å². The molecule has 5 nitrogen and oxygen atoms in total. The van der Waals surface area contributed by atoms with Crippen LogP contribution in [0.2, 0.25) is 0 Å². The highest BCUT2D eigenvalue weighted by Gasteiger charge is 2.25. The third-order valence-electron chi connectivity index (χ3n) is 5.04. The molecule has 0 atom stereocenters. The number of primary sulfonamides is 1. The standard InChI is InChI=1S/C20H24N2O3S/c1-15-7-8-18(26(21,24)25)14-19(15)20(23)22-11-9-17(10-12-22)13-16-5-3-2-4-6-16/h2-8,14,17H,9-13H2,1H3,(H2,21,24,25). The summed E-state index contributed by atoms with van der Waals surface area (Å²) in [6.07, 6.45) is 2.94. The monoisotopic (exact) mass is 372 g/mol. The first-order valence-corrected chi connectivity index (χ1v) is 10.4. The molecule has 26 heavy (non-hydrogen) atoms. The fourth-order valence-corrected chi connectivity index (χ4v) is 4.01. The zero-order valence-corrected chi connectivity index (χ0v) is 15.7. The number of carbonyl (C=O) groups is 1. The molecular weight excluding hydrogens is 348 g/mol. The fourth-order valence-electron chi connectivity index (χ4n) is 3.47. The second kappa shape index (κ2) is 7.60. The molecular formula is C20H24N2O3S. The second-order valence-corrected chi connectivity index (χ2v) is 8.51. The number of aryl methyl sites for hydroxylation is 1. The first-order valence-electron chi connectivity index (χ1n) is 8.81. The van der Waals surface area contributed by atoms with Crippen molar-refractivity contribution in [1.29, 1.82) is 0 Å². The number of nitrogens with two attached hydrogens (primary N) is 1. The Morgan fingerprint density at radius 2 is 1.77 bits per heavy atom. The van der Waals surface area contributed by atoms with Crippen LogP contribution in [0.25, 0.3) is 0 Å². The van der Waals surface area contributed by atoms with Gasteiger partial charge in [-0.25, -0.2) is 13.6 Å². The average Bonchev–Trinajstić information content (AvgIpc) is 2.62. The predicted octanol–water partition coefficient (Wildman–Crippen LogP) is 2.74. The van der Waals surface area contributed by atoms with Gasteiger partial charge in [0.25, 0.3) is 5.91 Å². The molecule has 2 aromatic carbocycles. The van der Waals surface area contributed by atoms with Gasteiger partial charge in [0.2, 0.25) is 10.0 Å². The molecule has 0 aliphatic carbocycles. The van der Waals surface area contributed by atoms with Crippen LogP contribution in [0.15, 0.2) is 53.4 Å². The van der Waals surface area contributed by atoms with E-state index < -0.39 is 10.0 Å². The molecule has 138 valence electrons. The van der Waals surface area contributed by atoms with Crippen LogP contribution in [0.4, 0.5) is 0 Å². The van der Waals surface area contributed by atoms with E-state index in [1.165, 1.54) is 17.7 Å². The van der Waals surface area contributed by atoms with Gasteiger partial charge in [-0.3, -0.25) is 4.79 Å². The molecule has 2 aromatic rings. The van der Waals surface area contributed by atoms with Crippen molar-refractivity contribution in [3.8, 4) is 0 Å². The van der Waals surface area contributed by atoms with Crippen LogP contribution in [0.1, 0.15) is 34.3 Å². The van der Waals surface area contributed by atoms with Crippen LogP contribution in [0.3, 0.4) is 0 Å². The molecule has 1 heterocycles. The lowest BCUT2D eigenvalue weighted by atomic mass is 9.90. The Hall–Kier alpha value is -2.18. The maximum absolute atomic E-state index is 12.9. The van der Waals surface area contributed by atoms with Crippen LogP contribution in [0.5, 0.6) is 0 Å². The smallest absolute Gasteiger partial charge is 0.254 e. The highest BCUT2D eigenvalue weighted by atomic mass is 32.2. The summed E-state index contributed by atoms with van der Waals surface area (Å²) < 4.78 is 23.1. The zero-order valence-electron chi connectivity index (χ0n) is 14.9. The maximum Gasteiger partial charge on any atom is 0.254 e. The highest BCUT2D eigenvalue weighted by molar-refractivity contribution is 7.89. The Morgan fingerprint density at radius 1 is 1.12 bits per heavy atom. The number of nitrogens with zero attached hydrogens (tertiary/aromatic N) is 1. The highest BCUT2D eigenvalue weighted by Crippen LogP contribution is 2.24. The number of amides is 1. The summed E-state index contributed by atoms with van der Waals surface area (Å²) >= 11 is 0. The molecule has 2 N–H and O–H groups in total. The predicted molar refractivity (Wildman–Crippen MR) is 101 cm³/mol. The molecule has 0 spiro atoms. The lowest BCUT2D eigenvalue weighted by Gasteiger charge is -2.32. The molecule has 3 rings (SSSR count). The van der Waals surface area contributed by atoms with Crippen molar-refractivity contribution in [3.63, 3.8) is 0 Å². The summed E-state index contributed by atoms with van der Waals surface area (Å²) in [6.45, 7) is 3.19. The Kier molecular flexibility index (Phi) is 5.44. The first-order chi connectivity index (χ1) is 12.3. The van der Waals surface area contributed by atoms with Gasteiger partial charge in [-0.1, -0.05) is 36.4 Å². The van der Waals surface area contributed by atoms with Crippen LogP contribution in [0, 0.1) is 12.8 Å². The SMILES string of the molecule is Cc1ccc(S(N)(=O)=O)cc1C(=O)N1CCC(Cc2ccccc2)CC1. The molecule has 6 heteroatoms. The molecule has 0 bridgehead atoms. The van der Waals surface area contributed by atoms with Crippen molar-refractivity contribution in [2.75, 3.05) is 13.1 Å². The van der Waals surface area contributed by atoms with Crippen molar-refractivity contribution in [2.24, 2.45) is 11.1 Å². The first kappa shape index (κ1) is 18.6. The van der Waals surface area contributed by atoms with Gasteiger partial charge in [0.1, 0.15) is 0 Å². The summed E-state index contributed by atoms with van der Waals surface area (Å²) in [7, 11) is -3.82. The Morgan fingerprint density at radius 3 is 2.38 bits per heavy atom. The quantitative estimate of drug-likeness (QED) is 0.896. The van der Waals surface area contributed by atoms with E-state index in [1.54, 1.807) is 6.07 Å². The van der Waals surface area contributed by atoms with Crippen LogP contribution >= 0.6 is 0 Å². The zero-order chi connectivity index (χ0) is 18.7. The number of carbonyl (C=O) groups excluding carboxylic acids is 1. The summed E-state index contributed by atoms with van der Waals surface area (Å²) in [5.41, 5.74) is 2.50. The summed E-state index contributed by atoms with van der Waals surface area (Å²) in [6, 6.07) is 14.9. The second-order valence-electron chi connectivity index (χ2n) is 6.95. The van der Waals surface area contributed by atoms with Gasteiger partial charge >= 0.3 is 0 Å². The molecule has 1 aliphatic heterocycles. The van der Waals surface area contributed by atoms with E-state index >= 15 is 0 Å². The molecule has 1 fully saturated rings. The average molecular weight is 372 g/mol. The van der Waals surface area contributed by atoms with Gasteiger partial charge in [0.05, 0.1) is 4.90 Å². The normalized spacial score (nSPS) is 15.8. The fraction of sp³-hybridized carbons (Fsp3) is 0.350. The van der Waals surface area contributed by atoms with Gasteiger partial charge in [-0.15, -0.1) is 0 Å². The molecule has 1 aliphatic rings. The number of likely N-dealkylation sites (tertiary alicyclic amines) is 1. The van der Waals surface area contributed by atoms with Crippen molar-refractivity contribution in [1.82, 2.24) is 4.90 Å². The third kappa shape index (κ3) is 4.31. The van der Waals surface area contributed by atoms with E-state index in [2.05, 4.69) is 24.3 Å². The van der Waals surface area contributed by atoms with Crippen LogP contribution in [-0.2, 0) is 16.4 Å². The van der Waals surface area contributed by atoms with E-state index in [0.29, 0.717) is 24.6 Å². The largest absolute Gasteiger partial charge is 0.339 e. The number of hydrogen-bond donors (Lipinski definition) is 1. The van der Waals surface area contributed by atoms with Crippen molar-refractivity contribution >= 4 is 15.9 Å². The molecule has 0 aromatic heterocycles. The van der Waals surface area contributed by atoms with Gasteiger partial charge in [0.15, 0.2) is 0 Å². The minimum Gasteiger partial charge on any atom is -0.339 e. The van der Waals surface area contributed by atoms with E-state index in [0.717, 1.165) is 24.8 Å². The third-order valence-corrected chi connectivity index (χ3v) is 5.95. The van der Waals surface area contributed by atoms with Crippen LogP contribution < -0.4 is 5.14 Å². The molecule has 1 saturated heterocycles. The molecule has 1 amide bonds. The topological polar surface area (TPSA) is 80.5 Å². The van der Waals surface area contributed by atoms with Crippen molar-refractivity contribution in [2.45, 2.75) is 31.1 Å². The summed E-state index contributed by atoms with van der Waals surface area (Å²) in [5.74, 6) is 0.449. The number of hydrogen-bond acceptors (Lipinski definition) is 3. The van der Waals surface area contributed by atoms with Crippen molar-refractivity contribution < 1.29 is 13.2 Å². The summed E-state index contributed by atoms with van der Waals surface area (Å²) in [4.78, 5) is 14.6. The number of benzene rings is 2. The van der Waals surface area contributed by atoms with E-state index in [9.17, 15) is 13.2 Å². The summed E-state index contributed by atoms with van der Waals surface area (Å²) in [5, 5.41) is 5.19. The lowest BCUT2D eigenvalue weighted by molar-refractivity contribution is 0.0689. The van der Waals surface area contributed by atoms with Crippen molar-refractivity contribution in [3.05, 3.63) is 65.2 Å². The molecule has 0 unspecified atom stereocenters. The minimum atomic E-state index is -3.82. The van der Waals surface area contributed by atoms with E-state index in [-0.39, 0.29) is 10.8 Å². The van der Waals surface area contributed by atoms with Gasteiger partial charge in [-0.05, 0) is 55.4 Å². The number of piperidine rings is 1. The minimum absolute atomic E-state index is 0.0228. The lowest BCUT2D eigenvalue weighted by Crippen LogP contribution is -2.39.